The maximum absolute atomic E-state index is 5.71. The zero-order chi connectivity index (χ0) is 12.9. The van der Waals surface area contributed by atoms with Crippen molar-refractivity contribution in [2.24, 2.45) is 0 Å². The van der Waals surface area contributed by atoms with Crippen molar-refractivity contribution in [2.75, 3.05) is 13.7 Å². The summed E-state index contributed by atoms with van der Waals surface area (Å²) >= 11 is 0. The molecule has 17 heavy (non-hydrogen) atoms. The van der Waals surface area contributed by atoms with Crippen LogP contribution in [0, 0.1) is 0 Å². The average Bonchev–Trinajstić information content (AvgIpc) is 2.78. The van der Waals surface area contributed by atoms with Gasteiger partial charge in [0.05, 0.1) is 0 Å². The summed E-state index contributed by atoms with van der Waals surface area (Å²) in [7, 11) is 1.91. The molecule has 0 amide bonds. The Kier molecular flexibility index (Phi) is 5.08. The van der Waals surface area contributed by atoms with Gasteiger partial charge >= 0.3 is 0 Å². The van der Waals surface area contributed by atoms with Gasteiger partial charge in [-0.3, -0.25) is 0 Å². The van der Waals surface area contributed by atoms with Crippen molar-refractivity contribution < 1.29 is 9.26 Å². The molecule has 0 aliphatic carbocycles. The van der Waals surface area contributed by atoms with E-state index >= 15 is 0 Å². The number of likely N-dealkylation sites (N-methyl/N-ethyl adjacent to an activating group) is 1. The Bertz CT molecular complexity index is 340. The first-order chi connectivity index (χ1) is 8.05. The molecule has 2 atom stereocenters. The molecule has 1 aromatic rings. The predicted octanol–water partition coefficient (Wildman–Crippen LogP) is 1.88. The highest BCUT2D eigenvalue weighted by Crippen LogP contribution is 2.26. The van der Waals surface area contributed by atoms with E-state index in [1.165, 1.54) is 0 Å². The second kappa shape index (κ2) is 6.12. The third-order valence-corrected chi connectivity index (χ3v) is 3.05. The molecule has 0 aliphatic rings. The van der Waals surface area contributed by atoms with E-state index in [-0.39, 0.29) is 0 Å². The lowest BCUT2D eigenvalue weighted by Gasteiger charge is -2.23. The van der Waals surface area contributed by atoms with Crippen LogP contribution in [0.1, 0.15) is 45.8 Å². The molecular formula is C12H23N3O2. The molecule has 98 valence electrons. The van der Waals surface area contributed by atoms with Gasteiger partial charge in [-0.1, -0.05) is 12.1 Å². The molecule has 0 bridgehead atoms. The Balaban J connectivity index is 2.78. The zero-order valence-electron chi connectivity index (χ0n) is 11.4. The summed E-state index contributed by atoms with van der Waals surface area (Å²) in [4.78, 5) is 4.42. The number of nitrogens with zero attached hydrogens (tertiary/aromatic N) is 2. The van der Waals surface area contributed by atoms with Crippen LogP contribution in [0.4, 0.5) is 0 Å². The van der Waals surface area contributed by atoms with Crippen LogP contribution in [-0.2, 0) is 16.8 Å². The van der Waals surface area contributed by atoms with Crippen LogP contribution < -0.4 is 5.32 Å². The first-order valence-electron chi connectivity index (χ1n) is 6.20. The van der Waals surface area contributed by atoms with E-state index in [9.17, 15) is 0 Å². The molecule has 1 rings (SSSR count). The highest BCUT2D eigenvalue weighted by Gasteiger charge is 2.30. The van der Waals surface area contributed by atoms with Crippen LogP contribution in [0.2, 0.25) is 0 Å². The number of nitrogens with one attached hydrogen (secondary N) is 1. The quantitative estimate of drug-likeness (QED) is 0.789. The normalized spacial score (nSPS) is 16.8. The fraction of sp³-hybridized carbons (Fsp3) is 0.833. The number of hydrogen-bond acceptors (Lipinski definition) is 5. The molecule has 5 heteroatoms. The van der Waals surface area contributed by atoms with E-state index in [0.29, 0.717) is 24.4 Å². The van der Waals surface area contributed by atoms with E-state index in [4.69, 9.17) is 9.26 Å². The first-order valence-corrected chi connectivity index (χ1v) is 6.20. The number of rotatable bonds is 7. The summed E-state index contributed by atoms with van der Waals surface area (Å²) < 4.78 is 11.0. The molecule has 0 saturated heterocycles. The summed E-state index contributed by atoms with van der Waals surface area (Å²) in [5, 5.41) is 7.17. The van der Waals surface area contributed by atoms with E-state index in [2.05, 4.69) is 29.3 Å². The monoisotopic (exact) mass is 241 g/mol. The minimum atomic E-state index is -0.445. The van der Waals surface area contributed by atoms with Gasteiger partial charge in [-0.05, 0) is 34.2 Å². The topological polar surface area (TPSA) is 60.2 Å². The summed E-state index contributed by atoms with van der Waals surface area (Å²) in [5.41, 5.74) is -0.445. The third-order valence-electron chi connectivity index (χ3n) is 3.05. The molecule has 0 radical (unpaired) electrons. The molecule has 1 aromatic heterocycles. The second-order valence-electron chi connectivity index (χ2n) is 4.42. The lowest BCUT2D eigenvalue weighted by molar-refractivity contribution is -0.0403. The van der Waals surface area contributed by atoms with E-state index in [1.54, 1.807) is 0 Å². The molecule has 2 unspecified atom stereocenters. The SMILES string of the molecule is CCOC(C)(CC)c1noc(CC(C)NC)n1. The first kappa shape index (κ1) is 14.1. The molecule has 0 spiro atoms. The Morgan fingerprint density at radius 2 is 2.18 bits per heavy atom. The number of ether oxygens (including phenoxy) is 1. The largest absolute Gasteiger partial charge is 0.367 e. The van der Waals surface area contributed by atoms with E-state index in [0.717, 1.165) is 12.8 Å². The fourth-order valence-electron chi connectivity index (χ4n) is 1.56. The molecule has 1 N–H and O–H groups in total. The Labute approximate surface area is 103 Å². The Morgan fingerprint density at radius 1 is 1.47 bits per heavy atom. The fourth-order valence-corrected chi connectivity index (χ4v) is 1.56. The van der Waals surface area contributed by atoms with Crippen molar-refractivity contribution in [3.63, 3.8) is 0 Å². The molecule has 0 saturated carbocycles. The highest BCUT2D eigenvalue weighted by atomic mass is 16.5. The standard InChI is InChI=1S/C12H23N3O2/c1-6-12(4,16-7-2)11-14-10(17-15-11)8-9(3)13-5/h9,13H,6-8H2,1-5H3. The van der Waals surface area contributed by atoms with Gasteiger partial charge in [-0.25, -0.2) is 0 Å². The van der Waals surface area contributed by atoms with Crippen LogP contribution in [0.15, 0.2) is 4.52 Å². The van der Waals surface area contributed by atoms with E-state index in [1.807, 2.05) is 20.9 Å². The third kappa shape index (κ3) is 3.51. The molecule has 0 aliphatic heterocycles. The second-order valence-corrected chi connectivity index (χ2v) is 4.42. The summed E-state index contributed by atoms with van der Waals surface area (Å²) in [6, 6.07) is 0.322. The molecular weight excluding hydrogens is 218 g/mol. The minimum Gasteiger partial charge on any atom is -0.367 e. The van der Waals surface area contributed by atoms with Gasteiger partial charge in [0.1, 0.15) is 5.60 Å². The van der Waals surface area contributed by atoms with Crippen LogP contribution in [-0.4, -0.2) is 29.8 Å². The van der Waals surface area contributed by atoms with Gasteiger partial charge in [0.2, 0.25) is 11.7 Å². The van der Waals surface area contributed by atoms with Gasteiger partial charge < -0.3 is 14.6 Å². The lowest BCUT2D eigenvalue weighted by atomic mass is 10.0. The highest BCUT2D eigenvalue weighted by molar-refractivity contribution is 4.99. The van der Waals surface area contributed by atoms with Crippen molar-refractivity contribution in [2.45, 2.75) is 52.2 Å². The van der Waals surface area contributed by atoms with Crippen molar-refractivity contribution in [1.82, 2.24) is 15.5 Å². The zero-order valence-corrected chi connectivity index (χ0v) is 11.4. The summed E-state index contributed by atoms with van der Waals surface area (Å²) in [6.07, 6.45) is 1.55. The van der Waals surface area contributed by atoms with Crippen LogP contribution in [0.3, 0.4) is 0 Å². The lowest BCUT2D eigenvalue weighted by Crippen LogP contribution is -2.27. The number of hydrogen-bond donors (Lipinski definition) is 1. The molecule has 5 nitrogen and oxygen atoms in total. The van der Waals surface area contributed by atoms with Gasteiger partial charge in [0, 0.05) is 19.1 Å². The molecule has 0 aromatic carbocycles. The van der Waals surface area contributed by atoms with Crippen LogP contribution in [0.5, 0.6) is 0 Å². The molecule has 1 heterocycles. The van der Waals surface area contributed by atoms with Crippen molar-refractivity contribution in [1.29, 1.82) is 0 Å². The average molecular weight is 241 g/mol. The summed E-state index contributed by atoms with van der Waals surface area (Å²) in [6.45, 7) is 8.74. The Hall–Kier alpha value is -0.940. The van der Waals surface area contributed by atoms with Crippen LogP contribution >= 0.6 is 0 Å². The van der Waals surface area contributed by atoms with E-state index < -0.39 is 5.60 Å². The van der Waals surface area contributed by atoms with Crippen molar-refractivity contribution in [3.05, 3.63) is 11.7 Å². The number of aromatic nitrogens is 2. The van der Waals surface area contributed by atoms with Gasteiger partial charge in [0.15, 0.2) is 0 Å². The van der Waals surface area contributed by atoms with Gasteiger partial charge in [0.25, 0.3) is 0 Å². The minimum absolute atomic E-state index is 0.322. The van der Waals surface area contributed by atoms with Crippen molar-refractivity contribution >= 4 is 0 Å². The predicted molar refractivity (Wildman–Crippen MR) is 65.8 cm³/mol. The Morgan fingerprint density at radius 3 is 2.71 bits per heavy atom. The van der Waals surface area contributed by atoms with Gasteiger partial charge in [-0.15, -0.1) is 0 Å². The maximum atomic E-state index is 5.71. The molecule has 0 fully saturated rings. The smallest absolute Gasteiger partial charge is 0.228 e. The summed E-state index contributed by atoms with van der Waals surface area (Å²) in [5.74, 6) is 1.29. The van der Waals surface area contributed by atoms with Gasteiger partial charge in [-0.2, -0.15) is 4.98 Å². The maximum Gasteiger partial charge on any atom is 0.228 e. The van der Waals surface area contributed by atoms with Crippen molar-refractivity contribution in [3.8, 4) is 0 Å². The van der Waals surface area contributed by atoms with Crippen LogP contribution in [0.25, 0.3) is 0 Å².